The summed E-state index contributed by atoms with van der Waals surface area (Å²) in [5, 5.41) is 0. The van der Waals surface area contributed by atoms with Gasteiger partial charge >= 0.3 is 0 Å². The van der Waals surface area contributed by atoms with Crippen LogP contribution in [0.5, 0.6) is 0 Å². The highest BCUT2D eigenvalue weighted by atomic mass is 14.4. The Morgan fingerprint density at radius 3 is 0.750 bits per heavy atom. The summed E-state index contributed by atoms with van der Waals surface area (Å²) in [5.74, 6) is 6.99. The predicted octanol–water partition coefficient (Wildman–Crippen LogP) is 5.13. The average molecular weight is 222 g/mol. The first-order valence-electron chi connectivity index (χ1n) is 6.25. The summed E-state index contributed by atoms with van der Waals surface area (Å²) in [6.07, 6.45) is 0. The summed E-state index contributed by atoms with van der Waals surface area (Å²) < 4.78 is 0. The van der Waals surface area contributed by atoms with Crippen LogP contribution in [0.2, 0.25) is 0 Å². The molecule has 0 aliphatic heterocycles. The smallest absolute Gasteiger partial charge is 0.0306 e. The fraction of sp³-hybridized carbons (Fsp3) is 0.875. The van der Waals surface area contributed by atoms with E-state index < -0.39 is 0 Å². The molecule has 0 unspecified atom stereocenters. The lowest BCUT2D eigenvalue weighted by atomic mass is 9.66. The maximum Gasteiger partial charge on any atom is 0.0306 e. The van der Waals surface area contributed by atoms with Crippen molar-refractivity contribution in [2.45, 2.75) is 69.2 Å². The minimum atomic E-state index is 0.0511. The van der Waals surface area contributed by atoms with Gasteiger partial charge in [0.1, 0.15) is 0 Å². The Kier molecular flexibility index (Phi) is 3.99. The van der Waals surface area contributed by atoms with Crippen LogP contribution in [0.15, 0.2) is 0 Å². The molecule has 0 aromatic heterocycles. The first kappa shape index (κ1) is 15.6. The quantitative estimate of drug-likeness (QED) is 0.498. The molecule has 0 aliphatic carbocycles. The van der Waals surface area contributed by atoms with Crippen molar-refractivity contribution in [3.05, 3.63) is 0 Å². The Labute approximate surface area is 103 Å². The van der Waals surface area contributed by atoms with Crippen molar-refractivity contribution in [1.82, 2.24) is 0 Å². The van der Waals surface area contributed by atoms with Crippen LogP contribution in [0.3, 0.4) is 0 Å². The van der Waals surface area contributed by atoms with Crippen molar-refractivity contribution < 1.29 is 0 Å². The highest BCUT2D eigenvalue weighted by molar-refractivity contribution is 5.19. The predicted molar refractivity (Wildman–Crippen MR) is 74.2 cm³/mol. The molecule has 0 fully saturated rings. The lowest BCUT2D eigenvalue weighted by Gasteiger charge is -2.37. The van der Waals surface area contributed by atoms with Gasteiger partial charge in [0.2, 0.25) is 0 Å². The standard InChI is InChI=1S/C16H30/c1-13(2,3)15(7,8)11-12-16(9,10)14(4,5)6/h1-10H3. The summed E-state index contributed by atoms with van der Waals surface area (Å²) in [4.78, 5) is 0. The van der Waals surface area contributed by atoms with E-state index in [1.165, 1.54) is 0 Å². The molecule has 0 aromatic rings. The van der Waals surface area contributed by atoms with Crippen molar-refractivity contribution in [1.29, 1.82) is 0 Å². The Bertz CT molecular complexity index is 262. The average Bonchev–Trinajstić information content (AvgIpc) is 1.97. The van der Waals surface area contributed by atoms with Gasteiger partial charge in [-0.3, -0.25) is 0 Å². The van der Waals surface area contributed by atoms with Gasteiger partial charge in [-0.15, -0.1) is 0 Å². The fourth-order valence-electron chi connectivity index (χ4n) is 0.688. The van der Waals surface area contributed by atoms with Crippen LogP contribution in [-0.2, 0) is 0 Å². The van der Waals surface area contributed by atoms with Crippen molar-refractivity contribution in [2.24, 2.45) is 21.7 Å². The molecule has 0 heteroatoms. The Balaban J connectivity index is 5.17. The van der Waals surface area contributed by atoms with Gasteiger partial charge in [-0.1, -0.05) is 53.4 Å². The normalized spacial score (nSPS) is 14.4. The van der Waals surface area contributed by atoms with Gasteiger partial charge in [0, 0.05) is 10.8 Å². The third-order valence-corrected chi connectivity index (χ3v) is 4.44. The molecule has 0 saturated carbocycles. The molecule has 16 heavy (non-hydrogen) atoms. The molecule has 94 valence electrons. The van der Waals surface area contributed by atoms with Gasteiger partial charge in [0.15, 0.2) is 0 Å². The monoisotopic (exact) mass is 222 g/mol. The third kappa shape index (κ3) is 3.55. The zero-order valence-corrected chi connectivity index (χ0v) is 13.0. The topological polar surface area (TPSA) is 0 Å². The largest absolute Gasteiger partial charge is 0.0959 e. The summed E-state index contributed by atoms with van der Waals surface area (Å²) in [6.45, 7) is 22.5. The van der Waals surface area contributed by atoms with E-state index in [4.69, 9.17) is 0 Å². The second kappa shape index (κ2) is 4.10. The maximum atomic E-state index is 3.50. The second-order valence-electron chi connectivity index (χ2n) is 8.00. The zero-order chi connectivity index (χ0) is 13.4. The molecule has 0 amide bonds. The van der Waals surface area contributed by atoms with Gasteiger partial charge in [0.05, 0.1) is 0 Å². The molecule has 0 N–H and O–H groups in total. The van der Waals surface area contributed by atoms with Crippen molar-refractivity contribution in [3.8, 4) is 11.8 Å². The van der Waals surface area contributed by atoms with Gasteiger partial charge in [-0.05, 0) is 38.5 Å². The van der Waals surface area contributed by atoms with E-state index in [-0.39, 0.29) is 21.7 Å². The van der Waals surface area contributed by atoms with Crippen LogP contribution in [-0.4, -0.2) is 0 Å². The highest BCUT2D eigenvalue weighted by Crippen LogP contribution is 2.40. The van der Waals surface area contributed by atoms with E-state index in [1.54, 1.807) is 0 Å². The van der Waals surface area contributed by atoms with Gasteiger partial charge < -0.3 is 0 Å². The molecule has 0 radical (unpaired) electrons. The number of hydrogen-bond donors (Lipinski definition) is 0. The number of hydrogen-bond acceptors (Lipinski definition) is 0. The van der Waals surface area contributed by atoms with Crippen LogP contribution in [0.1, 0.15) is 69.2 Å². The lowest BCUT2D eigenvalue weighted by molar-refractivity contribution is 0.192. The highest BCUT2D eigenvalue weighted by Gasteiger charge is 2.34. The molecule has 0 atom stereocenters. The Hall–Kier alpha value is -0.440. The van der Waals surface area contributed by atoms with E-state index in [0.717, 1.165) is 0 Å². The van der Waals surface area contributed by atoms with Crippen LogP contribution in [0.25, 0.3) is 0 Å². The third-order valence-electron chi connectivity index (χ3n) is 4.44. The summed E-state index contributed by atoms with van der Waals surface area (Å²) in [6, 6.07) is 0. The minimum absolute atomic E-state index is 0.0511. The second-order valence-corrected chi connectivity index (χ2v) is 8.00. The summed E-state index contributed by atoms with van der Waals surface area (Å²) >= 11 is 0. The van der Waals surface area contributed by atoms with E-state index in [2.05, 4.69) is 81.1 Å². The summed E-state index contributed by atoms with van der Waals surface area (Å²) in [5.41, 5.74) is 0.535. The molecule has 0 heterocycles. The van der Waals surface area contributed by atoms with Gasteiger partial charge in [-0.25, -0.2) is 0 Å². The SMILES string of the molecule is CC(C)(C)C(C)(C)C#CC(C)(C)C(C)(C)C. The van der Waals surface area contributed by atoms with E-state index >= 15 is 0 Å². The van der Waals surface area contributed by atoms with Crippen LogP contribution in [0.4, 0.5) is 0 Å². The molecular weight excluding hydrogens is 192 g/mol. The Morgan fingerprint density at radius 1 is 0.438 bits per heavy atom. The van der Waals surface area contributed by atoms with E-state index in [9.17, 15) is 0 Å². The minimum Gasteiger partial charge on any atom is -0.0959 e. The molecule has 0 spiro atoms. The molecular formula is C16H30. The molecule has 0 aliphatic rings. The van der Waals surface area contributed by atoms with Gasteiger partial charge in [-0.2, -0.15) is 0 Å². The van der Waals surface area contributed by atoms with Crippen LogP contribution in [0, 0.1) is 33.5 Å². The Morgan fingerprint density at radius 2 is 0.625 bits per heavy atom. The zero-order valence-electron chi connectivity index (χ0n) is 13.0. The molecule has 0 bridgehead atoms. The van der Waals surface area contributed by atoms with Crippen molar-refractivity contribution >= 4 is 0 Å². The van der Waals surface area contributed by atoms with E-state index in [0.29, 0.717) is 0 Å². The fourth-order valence-corrected chi connectivity index (χ4v) is 0.688. The summed E-state index contributed by atoms with van der Waals surface area (Å²) in [7, 11) is 0. The van der Waals surface area contributed by atoms with Crippen molar-refractivity contribution in [2.75, 3.05) is 0 Å². The van der Waals surface area contributed by atoms with Crippen LogP contribution < -0.4 is 0 Å². The first-order valence-corrected chi connectivity index (χ1v) is 6.25. The molecule has 0 nitrogen and oxygen atoms in total. The molecule has 0 saturated heterocycles. The number of rotatable bonds is 0. The maximum absolute atomic E-state index is 3.50. The molecule has 0 aromatic carbocycles. The molecule has 0 rings (SSSR count). The van der Waals surface area contributed by atoms with Crippen LogP contribution >= 0.6 is 0 Å². The van der Waals surface area contributed by atoms with Gasteiger partial charge in [0.25, 0.3) is 0 Å². The first-order chi connectivity index (χ1) is 6.71. The van der Waals surface area contributed by atoms with Crippen molar-refractivity contribution in [3.63, 3.8) is 0 Å². The lowest BCUT2D eigenvalue weighted by Crippen LogP contribution is -2.31. The van der Waals surface area contributed by atoms with E-state index in [1.807, 2.05) is 0 Å².